The smallest absolute Gasteiger partial charge is 0.127 e. The summed E-state index contributed by atoms with van der Waals surface area (Å²) in [6.07, 6.45) is 0. The van der Waals surface area contributed by atoms with Crippen LogP contribution in [0.3, 0.4) is 0 Å². The molecule has 0 radical (unpaired) electrons. The van der Waals surface area contributed by atoms with E-state index in [0.29, 0.717) is 23.7 Å². The summed E-state index contributed by atoms with van der Waals surface area (Å²) in [6, 6.07) is 4.75. The highest BCUT2D eigenvalue weighted by molar-refractivity contribution is 6.30. The van der Waals surface area contributed by atoms with Gasteiger partial charge < -0.3 is 11.1 Å². The highest BCUT2D eigenvalue weighted by atomic mass is 35.5. The van der Waals surface area contributed by atoms with E-state index in [0.717, 1.165) is 0 Å². The second-order valence-corrected chi connectivity index (χ2v) is 5.55. The molecule has 1 aromatic rings. The van der Waals surface area contributed by atoms with Gasteiger partial charge in [0.25, 0.3) is 0 Å². The Morgan fingerprint density at radius 1 is 1.47 bits per heavy atom. The second-order valence-electron chi connectivity index (χ2n) is 5.12. The first-order valence-corrected chi connectivity index (χ1v) is 6.12. The van der Waals surface area contributed by atoms with E-state index in [1.54, 1.807) is 12.1 Å². The first-order chi connectivity index (χ1) is 7.83. The Morgan fingerprint density at radius 3 is 2.71 bits per heavy atom. The van der Waals surface area contributed by atoms with Crippen molar-refractivity contribution >= 4 is 11.6 Å². The summed E-state index contributed by atoms with van der Waals surface area (Å²) in [5.74, 6) is -0.220. The van der Waals surface area contributed by atoms with Crippen LogP contribution in [0.5, 0.6) is 0 Å². The highest BCUT2D eigenvalue weighted by Gasteiger charge is 2.24. The van der Waals surface area contributed by atoms with Crippen LogP contribution in [-0.4, -0.2) is 19.1 Å². The summed E-state index contributed by atoms with van der Waals surface area (Å²) in [5, 5.41) is 3.79. The van der Waals surface area contributed by atoms with E-state index in [9.17, 15) is 4.39 Å². The fourth-order valence-electron chi connectivity index (χ4n) is 1.72. The minimum atomic E-state index is -0.316. The number of nitrogens with one attached hydrogen (secondary N) is 1. The Balaban J connectivity index is 2.77. The van der Waals surface area contributed by atoms with E-state index in [2.05, 4.69) is 5.32 Å². The molecule has 1 atom stereocenters. The third kappa shape index (κ3) is 4.26. The number of halogens is 2. The van der Waals surface area contributed by atoms with Crippen LogP contribution in [0.2, 0.25) is 5.02 Å². The summed E-state index contributed by atoms with van der Waals surface area (Å²) < 4.78 is 13.7. The van der Waals surface area contributed by atoms with Crippen LogP contribution in [-0.2, 0) is 5.41 Å². The summed E-state index contributed by atoms with van der Waals surface area (Å²) in [5.41, 5.74) is 5.97. The standard InChI is InChI=1S/C13H20ClFN2/c1-9(16)7-17-8-13(2,3)11-6-10(14)4-5-12(11)15/h4-6,9,17H,7-8,16H2,1-3H3. The summed E-state index contributed by atoms with van der Waals surface area (Å²) >= 11 is 5.90. The SMILES string of the molecule is CC(N)CNCC(C)(C)c1cc(Cl)ccc1F. The van der Waals surface area contributed by atoms with E-state index in [1.165, 1.54) is 6.07 Å². The molecule has 1 rings (SSSR count). The number of hydrogen-bond acceptors (Lipinski definition) is 2. The molecule has 0 saturated heterocycles. The molecular weight excluding hydrogens is 239 g/mol. The van der Waals surface area contributed by atoms with Gasteiger partial charge in [0.15, 0.2) is 0 Å². The lowest BCUT2D eigenvalue weighted by molar-refractivity contribution is 0.437. The van der Waals surface area contributed by atoms with Crippen LogP contribution in [0.15, 0.2) is 18.2 Å². The third-order valence-electron chi connectivity index (χ3n) is 2.69. The van der Waals surface area contributed by atoms with Crippen molar-refractivity contribution in [1.82, 2.24) is 5.32 Å². The Hall–Kier alpha value is -0.640. The molecule has 0 amide bonds. The first kappa shape index (κ1) is 14.4. The molecule has 96 valence electrons. The summed E-state index contributed by atoms with van der Waals surface area (Å²) in [4.78, 5) is 0. The van der Waals surface area contributed by atoms with E-state index >= 15 is 0 Å². The Labute approximate surface area is 107 Å². The number of nitrogens with two attached hydrogens (primary N) is 1. The van der Waals surface area contributed by atoms with Crippen molar-refractivity contribution in [2.75, 3.05) is 13.1 Å². The van der Waals surface area contributed by atoms with E-state index in [1.807, 2.05) is 20.8 Å². The van der Waals surface area contributed by atoms with Crippen molar-refractivity contribution in [3.63, 3.8) is 0 Å². The van der Waals surface area contributed by atoms with Crippen molar-refractivity contribution in [3.8, 4) is 0 Å². The molecule has 0 aromatic heterocycles. The fraction of sp³-hybridized carbons (Fsp3) is 0.538. The van der Waals surface area contributed by atoms with Crippen LogP contribution in [0.25, 0.3) is 0 Å². The monoisotopic (exact) mass is 258 g/mol. The maximum absolute atomic E-state index is 13.7. The maximum Gasteiger partial charge on any atom is 0.127 e. The lowest BCUT2D eigenvalue weighted by atomic mass is 9.84. The lowest BCUT2D eigenvalue weighted by Crippen LogP contribution is -2.39. The molecule has 3 N–H and O–H groups in total. The van der Waals surface area contributed by atoms with Crippen LogP contribution in [0, 0.1) is 5.82 Å². The first-order valence-electron chi connectivity index (χ1n) is 5.75. The molecule has 0 aliphatic rings. The van der Waals surface area contributed by atoms with Gasteiger partial charge in [-0.2, -0.15) is 0 Å². The maximum atomic E-state index is 13.7. The van der Waals surface area contributed by atoms with Gasteiger partial charge >= 0.3 is 0 Å². The normalized spacial score (nSPS) is 13.8. The minimum absolute atomic E-state index is 0.0926. The third-order valence-corrected chi connectivity index (χ3v) is 2.93. The quantitative estimate of drug-likeness (QED) is 0.852. The molecule has 0 saturated carbocycles. The Kier molecular flexibility index (Phi) is 4.92. The van der Waals surface area contributed by atoms with Gasteiger partial charge in [0.2, 0.25) is 0 Å². The molecule has 0 spiro atoms. The molecular formula is C13H20ClFN2. The largest absolute Gasteiger partial charge is 0.327 e. The zero-order valence-corrected chi connectivity index (χ0v) is 11.3. The molecule has 0 aliphatic heterocycles. The summed E-state index contributed by atoms with van der Waals surface area (Å²) in [7, 11) is 0. The van der Waals surface area contributed by atoms with E-state index in [4.69, 9.17) is 17.3 Å². The van der Waals surface area contributed by atoms with Gasteiger partial charge in [-0.15, -0.1) is 0 Å². The van der Waals surface area contributed by atoms with Crippen molar-refractivity contribution in [2.24, 2.45) is 5.73 Å². The van der Waals surface area contributed by atoms with Gasteiger partial charge in [-0.1, -0.05) is 25.4 Å². The molecule has 1 unspecified atom stereocenters. The van der Waals surface area contributed by atoms with Gasteiger partial charge in [0.1, 0.15) is 5.82 Å². The van der Waals surface area contributed by atoms with Crippen LogP contribution < -0.4 is 11.1 Å². The number of rotatable bonds is 5. The fourth-order valence-corrected chi connectivity index (χ4v) is 1.90. The van der Waals surface area contributed by atoms with Crippen molar-refractivity contribution < 1.29 is 4.39 Å². The molecule has 0 aliphatic carbocycles. The van der Waals surface area contributed by atoms with Gasteiger partial charge in [0, 0.05) is 29.6 Å². The molecule has 1 aromatic carbocycles. The van der Waals surface area contributed by atoms with Crippen molar-refractivity contribution in [1.29, 1.82) is 0 Å². The molecule has 4 heteroatoms. The molecule has 0 bridgehead atoms. The Bertz CT molecular complexity index is 378. The molecule has 2 nitrogen and oxygen atoms in total. The topological polar surface area (TPSA) is 38.0 Å². The van der Waals surface area contributed by atoms with Gasteiger partial charge in [-0.3, -0.25) is 0 Å². The van der Waals surface area contributed by atoms with Crippen LogP contribution in [0.1, 0.15) is 26.3 Å². The zero-order valence-electron chi connectivity index (χ0n) is 10.6. The van der Waals surface area contributed by atoms with E-state index in [-0.39, 0.29) is 17.3 Å². The predicted molar refractivity (Wildman–Crippen MR) is 71.0 cm³/mol. The average Bonchev–Trinajstić information content (AvgIpc) is 2.20. The summed E-state index contributed by atoms with van der Waals surface area (Å²) in [6.45, 7) is 7.27. The molecule has 17 heavy (non-hydrogen) atoms. The minimum Gasteiger partial charge on any atom is -0.327 e. The Morgan fingerprint density at radius 2 is 2.12 bits per heavy atom. The number of hydrogen-bond donors (Lipinski definition) is 2. The van der Waals surface area contributed by atoms with Gasteiger partial charge in [0.05, 0.1) is 0 Å². The predicted octanol–water partition coefficient (Wildman–Crippen LogP) is 2.69. The zero-order chi connectivity index (χ0) is 13.1. The lowest BCUT2D eigenvalue weighted by Gasteiger charge is -2.27. The van der Waals surface area contributed by atoms with Crippen molar-refractivity contribution in [2.45, 2.75) is 32.2 Å². The van der Waals surface area contributed by atoms with Gasteiger partial charge in [-0.05, 0) is 30.7 Å². The van der Waals surface area contributed by atoms with Gasteiger partial charge in [-0.25, -0.2) is 4.39 Å². The second kappa shape index (κ2) is 5.80. The highest BCUT2D eigenvalue weighted by Crippen LogP contribution is 2.27. The number of benzene rings is 1. The molecule has 0 fully saturated rings. The van der Waals surface area contributed by atoms with E-state index < -0.39 is 0 Å². The van der Waals surface area contributed by atoms with Crippen LogP contribution in [0.4, 0.5) is 4.39 Å². The molecule has 0 heterocycles. The average molecular weight is 259 g/mol. The van der Waals surface area contributed by atoms with Crippen LogP contribution >= 0.6 is 11.6 Å². The van der Waals surface area contributed by atoms with Crippen molar-refractivity contribution in [3.05, 3.63) is 34.6 Å².